The molecule has 0 radical (unpaired) electrons. The highest BCUT2D eigenvalue weighted by Gasteiger charge is 2.11. The normalized spacial score (nSPS) is 10.3. The number of nitrogens with one attached hydrogen (secondary N) is 2. The number of aromatic nitrogens is 1. The van der Waals surface area contributed by atoms with Crippen molar-refractivity contribution in [3.8, 4) is 0 Å². The molecule has 114 valence electrons. The number of aryl methyl sites for hydroxylation is 1. The number of nitrogens with zero attached hydrogens (tertiary/aromatic N) is 1. The van der Waals surface area contributed by atoms with Gasteiger partial charge >= 0.3 is 0 Å². The summed E-state index contributed by atoms with van der Waals surface area (Å²) < 4.78 is 0. The Labute approximate surface area is 139 Å². The van der Waals surface area contributed by atoms with Crippen LogP contribution in [0.3, 0.4) is 0 Å². The minimum Gasteiger partial charge on any atom is -0.317 e. The molecule has 0 bridgehead atoms. The van der Waals surface area contributed by atoms with Crippen LogP contribution in [0.1, 0.15) is 16.1 Å². The lowest BCUT2D eigenvalue weighted by molar-refractivity contribution is 0.0979. The maximum Gasteiger partial charge on any atom is 0.258 e. The van der Waals surface area contributed by atoms with Crippen molar-refractivity contribution in [1.29, 1.82) is 0 Å². The fourth-order valence-electron chi connectivity index (χ4n) is 2.35. The lowest BCUT2D eigenvalue weighted by atomic mass is 10.0. The number of hydrogen-bond acceptors (Lipinski definition) is 3. The zero-order valence-electron chi connectivity index (χ0n) is 12.5. The SMILES string of the molecule is Cc1cccc(NC(=S)NC(=O)c2cccc3ccccc23)n1. The van der Waals surface area contributed by atoms with Gasteiger partial charge in [0.1, 0.15) is 5.82 Å². The highest BCUT2D eigenvalue weighted by Crippen LogP contribution is 2.18. The van der Waals surface area contributed by atoms with Crippen LogP contribution >= 0.6 is 12.2 Å². The van der Waals surface area contributed by atoms with Gasteiger partial charge < -0.3 is 5.32 Å². The Morgan fingerprint density at radius 1 is 1.00 bits per heavy atom. The molecule has 3 rings (SSSR count). The molecule has 0 saturated heterocycles. The standard InChI is InChI=1S/C18H15N3OS/c1-12-6-4-11-16(19-12)20-18(23)21-17(22)15-10-5-8-13-7-2-3-9-14(13)15/h2-11H,1H3,(H2,19,20,21,22,23). The Balaban J connectivity index is 1.77. The number of hydrogen-bond donors (Lipinski definition) is 2. The number of rotatable bonds is 2. The smallest absolute Gasteiger partial charge is 0.258 e. The van der Waals surface area contributed by atoms with E-state index in [4.69, 9.17) is 12.2 Å². The number of thiocarbonyl (C=S) groups is 1. The minimum absolute atomic E-state index is 0.223. The van der Waals surface area contributed by atoms with E-state index in [1.165, 1.54) is 0 Å². The lowest BCUT2D eigenvalue weighted by Gasteiger charge is -2.10. The van der Waals surface area contributed by atoms with Gasteiger partial charge in [-0.05, 0) is 48.1 Å². The van der Waals surface area contributed by atoms with Gasteiger partial charge in [0.2, 0.25) is 0 Å². The van der Waals surface area contributed by atoms with E-state index in [1.54, 1.807) is 12.1 Å². The van der Waals surface area contributed by atoms with Crippen LogP contribution in [0.4, 0.5) is 5.82 Å². The van der Waals surface area contributed by atoms with E-state index < -0.39 is 0 Å². The Hall–Kier alpha value is -2.79. The van der Waals surface area contributed by atoms with Gasteiger partial charge in [0.15, 0.2) is 5.11 Å². The maximum atomic E-state index is 12.5. The van der Waals surface area contributed by atoms with Crippen LogP contribution in [-0.2, 0) is 0 Å². The molecular weight excluding hydrogens is 306 g/mol. The molecule has 2 N–H and O–H groups in total. The van der Waals surface area contributed by atoms with E-state index >= 15 is 0 Å². The fraction of sp³-hybridized carbons (Fsp3) is 0.0556. The predicted molar refractivity (Wildman–Crippen MR) is 96.6 cm³/mol. The number of amides is 1. The second-order valence-electron chi connectivity index (χ2n) is 5.10. The average Bonchev–Trinajstić information content (AvgIpc) is 2.54. The maximum absolute atomic E-state index is 12.5. The van der Waals surface area contributed by atoms with E-state index in [1.807, 2.05) is 55.5 Å². The number of pyridine rings is 1. The minimum atomic E-state index is -0.244. The summed E-state index contributed by atoms with van der Waals surface area (Å²) in [5, 5.41) is 7.75. The van der Waals surface area contributed by atoms with Crippen LogP contribution in [0.25, 0.3) is 10.8 Å². The molecule has 3 aromatic rings. The van der Waals surface area contributed by atoms with Crippen LogP contribution in [0.2, 0.25) is 0 Å². The monoisotopic (exact) mass is 321 g/mol. The Morgan fingerprint density at radius 2 is 1.74 bits per heavy atom. The van der Waals surface area contributed by atoms with Crippen LogP contribution in [-0.4, -0.2) is 16.0 Å². The van der Waals surface area contributed by atoms with E-state index in [9.17, 15) is 4.79 Å². The summed E-state index contributed by atoms with van der Waals surface area (Å²) >= 11 is 5.20. The number of carbonyl (C=O) groups excluding carboxylic acids is 1. The zero-order chi connectivity index (χ0) is 16.2. The van der Waals surface area contributed by atoms with E-state index in [2.05, 4.69) is 15.6 Å². The van der Waals surface area contributed by atoms with Crippen LogP contribution in [0, 0.1) is 6.92 Å². The largest absolute Gasteiger partial charge is 0.317 e. The zero-order valence-corrected chi connectivity index (χ0v) is 13.4. The molecule has 1 aromatic heterocycles. The van der Waals surface area contributed by atoms with Gasteiger partial charge in [0, 0.05) is 11.3 Å². The number of anilines is 1. The third-order valence-corrected chi connectivity index (χ3v) is 3.60. The number of fused-ring (bicyclic) bond motifs is 1. The van der Waals surface area contributed by atoms with Gasteiger partial charge in [-0.15, -0.1) is 0 Å². The summed E-state index contributed by atoms with van der Waals surface area (Å²) in [4.78, 5) is 16.8. The van der Waals surface area contributed by atoms with Gasteiger partial charge in [-0.25, -0.2) is 4.98 Å². The molecule has 1 amide bonds. The van der Waals surface area contributed by atoms with Crippen molar-refractivity contribution in [2.45, 2.75) is 6.92 Å². The van der Waals surface area contributed by atoms with E-state index in [0.29, 0.717) is 11.4 Å². The van der Waals surface area contributed by atoms with E-state index in [0.717, 1.165) is 16.5 Å². The first-order valence-electron chi connectivity index (χ1n) is 7.17. The Bertz CT molecular complexity index is 887. The average molecular weight is 321 g/mol. The van der Waals surface area contributed by atoms with Gasteiger partial charge in [0.25, 0.3) is 5.91 Å². The molecule has 5 heteroatoms. The first-order valence-corrected chi connectivity index (χ1v) is 7.58. The topological polar surface area (TPSA) is 54.0 Å². The van der Waals surface area contributed by atoms with Crippen molar-refractivity contribution in [3.63, 3.8) is 0 Å². The second-order valence-corrected chi connectivity index (χ2v) is 5.51. The predicted octanol–water partition coefficient (Wildman–Crippen LogP) is 3.67. The Kier molecular flexibility index (Phi) is 4.30. The summed E-state index contributed by atoms with van der Waals surface area (Å²) in [6, 6.07) is 18.9. The molecule has 0 aliphatic carbocycles. The van der Waals surface area contributed by atoms with Crippen molar-refractivity contribution >= 4 is 39.8 Å². The second kappa shape index (κ2) is 6.54. The fourth-order valence-corrected chi connectivity index (χ4v) is 2.55. The molecular formula is C18H15N3OS. The summed E-state index contributed by atoms with van der Waals surface area (Å²) in [7, 11) is 0. The van der Waals surface area contributed by atoms with Crippen molar-refractivity contribution in [2.75, 3.05) is 5.32 Å². The molecule has 2 aromatic carbocycles. The molecule has 0 aliphatic heterocycles. The van der Waals surface area contributed by atoms with E-state index in [-0.39, 0.29) is 11.0 Å². The molecule has 1 heterocycles. The van der Waals surface area contributed by atoms with Gasteiger partial charge in [0.05, 0.1) is 0 Å². The molecule has 0 aliphatic rings. The van der Waals surface area contributed by atoms with Crippen molar-refractivity contribution < 1.29 is 4.79 Å². The van der Waals surface area contributed by atoms with Crippen LogP contribution in [0.5, 0.6) is 0 Å². The summed E-state index contributed by atoms with van der Waals surface area (Å²) in [5.74, 6) is 0.361. The third-order valence-electron chi connectivity index (χ3n) is 3.39. The molecule has 0 unspecified atom stereocenters. The van der Waals surface area contributed by atoms with Crippen molar-refractivity contribution in [3.05, 3.63) is 71.9 Å². The Morgan fingerprint density at radius 3 is 2.57 bits per heavy atom. The number of carbonyl (C=O) groups is 1. The van der Waals surface area contributed by atoms with Gasteiger partial charge in [-0.2, -0.15) is 0 Å². The molecule has 23 heavy (non-hydrogen) atoms. The highest BCUT2D eigenvalue weighted by molar-refractivity contribution is 7.80. The van der Waals surface area contributed by atoms with Crippen molar-refractivity contribution in [2.24, 2.45) is 0 Å². The summed E-state index contributed by atoms with van der Waals surface area (Å²) in [5.41, 5.74) is 1.46. The molecule has 0 saturated carbocycles. The van der Waals surface area contributed by atoms with Crippen LogP contribution < -0.4 is 10.6 Å². The third kappa shape index (κ3) is 3.52. The van der Waals surface area contributed by atoms with Crippen molar-refractivity contribution in [1.82, 2.24) is 10.3 Å². The molecule has 0 atom stereocenters. The first-order chi connectivity index (χ1) is 11.1. The van der Waals surface area contributed by atoms with Gasteiger partial charge in [-0.1, -0.05) is 42.5 Å². The number of benzene rings is 2. The molecule has 4 nitrogen and oxygen atoms in total. The van der Waals surface area contributed by atoms with Gasteiger partial charge in [-0.3, -0.25) is 10.1 Å². The summed E-state index contributed by atoms with van der Waals surface area (Å²) in [6.07, 6.45) is 0. The quantitative estimate of drug-likeness (QED) is 0.707. The summed E-state index contributed by atoms with van der Waals surface area (Å²) in [6.45, 7) is 1.89. The highest BCUT2D eigenvalue weighted by atomic mass is 32.1. The first kappa shape index (κ1) is 15.1. The molecule has 0 spiro atoms. The van der Waals surface area contributed by atoms with Crippen LogP contribution in [0.15, 0.2) is 60.7 Å². The lowest BCUT2D eigenvalue weighted by Crippen LogP contribution is -2.34. The molecule has 0 fully saturated rings.